The van der Waals surface area contributed by atoms with Crippen LogP contribution in [0.5, 0.6) is 23.0 Å². The number of benzene rings is 3. The van der Waals surface area contributed by atoms with Gasteiger partial charge in [0.05, 0.1) is 27.5 Å². The summed E-state index contributed by atoms with van der Waals surface area (Å²) in [7, 11) is 4.77. The van der Waals surface area contributed by atoms with Crippen LogP contribution in [-0.2, 0) is 6.61 Å². The van der Waals surface area contributed by atoms with Crippen LogP contribution < -0.4 is 18.9 Å². The summed E-state index contributed by atoms with van der Waals surface area (Å²) in [5, 5.41) is 11.6. The fraction of sp³-hybridized carbons (Fsp3) is 0.160. The Labute approximate surface area is 202 Å². The summed E-state index contributed by atoms with van der Waals surface area (Å²) in [6, 6.07) is 21.0. The van der Waals surface area contributed by atoms with Crippen LogP contribution in [0.25, 0.3) is 11.4 Å². The van der Waals surface area contributed by atoms with Crippen LogP contribution in [0.3, 0.4) is 0 Å². The van der Waals surface area contributed by atoms with Crippen molar-refractivity contribution in [2.24, 2.45) is 5.10 Å². The first-order valence-corrected chi connectivity index (χ1v) is 10.8. The van der Waals surface area contributed by atoms with Gasteiger partial charge >= 0.3 is 0 Å². The molecular formula is C25H24N4O4S. The number of rotatable bonds is 9. The van der Waals surface area contributed by atoms with E-state index in [1.165, 1.54) is 0 Å². The van der Waals surface area contributed by atoms with Gasteiger partial charge in [-0.3, -0.25) is 0 Å². The highest BCUT2D eigenvalue weighted by Crippen LogP contribution is 2.32. The van der Waals surface area contributed by atoms with Gasteiger partial charge in [0.15, 0.2) is 28.8 Å². The summed E-state index contributed by atoms with van der Waals surface area (Å²) in [4.78, 5) is 0. The molecule has 8 nitrogen and oxygen atoms in total. The third kappa shape index (κ3) is 5.10. The smallest absolute Gasteiger partial charge is 0.216 e. The summed E-state index contributed by atoms with van der Waals surface area (Å²) in [6.45, 7) is 0.448. The highest BCUT2D eigenvalue weighted by Gasteiger charge is 2.12. The maximum absolute atomic E-state index is 5.93. The molecule has 3 aromatic carbocycles. The zero-order chi connectivity index (χ0) is 23.9. The molecule has 4 aromatic rings. The van der Waals surface area contributed by atoms with Gasteiger partial charge in [0.1, 0.15) is 6.61 Å². The number of aromatic nitrogens is 3. The molecule has 0 radical (unpaired) electrons. The number of hydrogen-bond acceptors (Lipinski definition) is 7. The van der Waals surface area contributed by atoms with Gasteiger partial charge in [-0.1, -0.05) is 30.3 Å². The first-order chi connectivity index (χ1) is 16.6. The quantitative estimate of drug-likeness (QED) is 0.268. The zero-order valence-electron chi connectivity index (χ0n) is 19.0. The number of H-pyrrole nitrogens is 1. The molecule has 4 rings (SSSR count). The highest BCUT2D eigenvalue weighted by atomic mass is 32.1. The Hall–Kier alpha value is -4.11. The van der Waals surface area contributed by atoms with Crippen LogP contribution in [-0.4, -0.2) is 42.4 Å². The van der Waals surface area contributed by atoms with Gasteiger partial charge in [0, 0.05) is 5.56 Å². The number of nitrogens with one attached hydrogen (secondary N) is 1. The molecule has 1 heterocycles. The van der Waals surface area contributed by atoms with Crippen molar-refractivity contribution in [1.82, 2.24) is 14.9 Å². The van der Waals surface area contributed by atoms with Crippen LogP contribution in [0, 0.1) is 4.77 Å². The summed E-state index contributed by atoms with van der Waals surface area (Å²) in [6.07, 6.45) is 1.68. The van der Waals surface area contributed by atoms with Gasteiger partial charge in [-0.2, -0.15) is 14.9 Å². The van der Waals surface area contributed by atoms with E-state index in [2.05, 4.69) is 15.3 Å². The van der Waals surface area contributed by atoms with Crippen LogP contribution in [0.4, 0.5) is 0 Å². The molecule has 0 amide bonds. The van der Waals surface area contributed by atoms with E-state index in [1.807, 2.05) is 60.7 Å². The van der Waals surface area contributed by atoms with Crippen molar-refractivity contribution in [3.8, 4) is 34.4 Å². The predicted molar refractivity (Wildman–Crippen MR) is 133 cm³/mol. The minimum Gasteiger partial charge on any atom is -0.493 e. The third-order valence-electron chi connectivity index (χ3n) is 5.04. The Bertz CT molecular complexity index is 1350. The van der Waals surface area contributed by atoms with Crippen LogP contribution in [0.15, 0.2) is 71.8 Å². The molecule has 0 aliphatic rings. The molecule has 0 saturated heterocycles. The van der Waals surface area contributed by atoms with E-state index >= 15 is 0 Å². The van der Waals surface area contributed by atoms with Crippen molar-refractivity contribution in [2.45, 2.75) is 6.61 Å². The minimum atomic E-state index is 0.357. The lowest BCUT2D eigenvalue weighted by Gasteiger charge is -2.11. The second-order valence-corrected chi connectivity index (χ2v) is 7.55. The number of hydrogen-bond donors (Lipinski definition) is 1. The molecule has 0 aliphatic heterocycles. The largest absolute Gasteiger partial charge is 0.493 e. The van der Waals surface area contributed by atoms with E-state index in [9.17, 15) is 0 Å². The molecule has 0 aliphatic carbocycles. The maximum Gasteiger partial charge on any atom is 0.216 e. The second-order valence-electron chi connectivity index (χ2n) is 7.16. The van der Waals surface area contributed by atoms with Crippen molar-refractivity contribution in [1.29, 1.82) is 0 Å². The van der Waals surface area contributed by atoms with Gasteiger partial charge in [-0.15, -0.1) is 0 Å². The average molecular weight is 477 g/mol. The Morgan fingerprint density at radius 1 is 0.882 bits per heavy atom. The van der Waals surface area contributed by atoms with Crippen molar-refractivity contribution in [2.75, 3.05) is 21.3 Å². The molecular weight excluding hydrogens is 452 g/mol. The van der Waals surface area contributed by atoms with E-state index in [0.717, 1.165) is 16.7 Å². The van der Waals surface area contributed by atoms with E-state index in [0.29, 0.717) is 40.2 Å². The van der Waals surface area contributed by atoms with Crippen LogP contribution in [0.1, 0.15) is 11.1 Å². The lowest BCUT2D eigenvalue weighted by atomic mass is 10.2. The Balaban J connectivity index is 1.57. The van der Waals surface area contributed by atoms with Gasteiger partial charge in [0.2, 0.25) is 4.77 Å². The third-order valence-corrected chi connectivity index (χ3v) is 5.30. The van der Waals surface area contributed by atoms with Crippen molar-refractivity contribution >= 4 is 18.4 Å². The van der Waals surface area contributed by atoms with Gasteiger partial charge < -0.3 is 18.9 Å². The molecule has 1 aromatic heterocycles. The topological polar surface area (TPSA) is 82.9 Å². The monoisotopic (exact) mass is 476 g/mol. The van der Waals surface area contributed by atoms with E-state index in [1.54, 1.807) is 38.3 Å². The van der Waals surface area contributed by atoms with E-state index in [-0.39, 0.29) is 0 Å². The molecule has 0 spiro atoms. The first-order valence-electron chi connectivity index (χ1n) is 10.4. The maximum atomic E-state index is 5.93. The fourth-order valence-corrected chi connectivity index (χ4v) is 3.48. The Kier molecular flexibility index (Phi) is 7.24. The molecule has 0 fully saturated rings. The number of ether oxygens (including phenoxy) is 4. The van der Waals surface area contributed by atoms with E-state index in [4.69, 9.17) is 31.2 Å². The van der Waals surface area contributed by atoms with Crippen LogP contribution >= 0.6 is 12.2 Å². The molecule has 34 heavy (non-hydrogen) atoms. The molecule has 1 N–H and O–H groups in total. The van der Waals surface area contributed by atoms with Gasteiger partial charge in [-0.25, -0.2) is 5.10 Å². The van der Waals surface area contributed by atoms with Crippen LogP contribution in [0.2, 0.25) is 0 Å². The van der Waals surface area contributed by atoms with E-state index < -0.39 is 0 Å². The first kappa shape index (κ1) is 23.1. The van der Waals surface area contributed by atoms with Crippen molar-refractivity contribution < 1.29 is 18.9 Å². The summed E-state index contributed by atoms with van der Waals surface area (Å²) >= 11 is 5.38. The lowest BCUT2D eigenvalue weighted by Crippen LogP contribution is -1.99. The van der Waals surface area contributed by atoms with Gasteiger partial charge in [0.25, 0.3) is 0 Å². The minimum absolute atomic E-state index is 0.357. The number of methoxy groups -OCH3 is 3. The normalized spacial score (nSPS) is 10.9. The number of nitrogens with zero attached hydrogens (tertiary/aromatic N) is 3. The Morgan fingerprint density at radius 3 is 2.32 bits per heavy atom. The fourth-order valence-electron chi connectivity index (χ4n) is 3.30. The highest BCUT2D eigenvalue weighted by molar-refractivity contribution is 7.71. The van der Waals surface area contributed by atoms with Gasteiger partial charge in [-0.05, 0) is 59.7 Å². The molecule has 0 saturated carbocycles. The molecule has 0 atom stereocenters. The average Bonchev–Trinajstić information content (AvgIpc) is 3.26. The molecule has 0 unspecified atom stereocenters. The lowest BCUT2D eigenvalue weighted by molar-refractivity contribution is 0.284. The molecule has 174 valence electrons. The zero-order valence-corrected chi connectivity index (χ0v) is 19.8. The summed E-state index contributed by atoms with van der Waals surface area (Å²) < 4.78 is 24.1. The SMILES string of the molecule is COc1ccc(-c2n[nH]c(=S)n2N=Cc2ccc(OCc3ccccc3)c(OC)c2)cc1OC. The molecule has 9 heteroatoms. The predicted octanol–water partition coefficient (Wildman–Crippen LogP) is 5.09. The number of aromatic amines is 1. The van der Waals surface area contributed by atoms with Crippen molar-refractivity contribution in [3.63, 3.8) is 0 Å². The van der Waals surface area contributed by atoms with Crippen molar-refractivity contribution in [3.05, 3.63) is 82.6 Å². The Morgan fingerprint density at radius 2 is 1.59 bits per heavy atom. The second kappa shape index (κ2) is 10.7. The summed E-state index contributed by atoms with van der Waals surface area (Å²) in [5.74, 6) is 3.00. The summed E-state index contributed by atoms with van der Waals surface area (Å²) in [5.41, 5.74) is 2.65. The standard InChI is InChI=1S/C25H24N4O4S/c1-30-20-12-10-19(14-23(20)32-3)24-27-28-25(34)29(24)26-15-18-9-11-21(22(13-18)31-2)33-16-17-7-5-4-6-8-17/h4-15H,16H2,1-3H3,(H,28,34). The molecule has 0 bridgehead atoms.